The van der Waals surface area contributed by atoms with Crippen LogP contribution in [0.2, 0.25) is 0 Å². The van der Waals surface area contributed by atoms with E-state index in [2.05, 4.69) is 12.2 Å². The first-order valence-corrected chi connectivity index (χ1v) is 8.06. The third-order valence-corrected chi connectivity index (χ3v) is 4.00. The van der Waals surface area contributed by atoms with Gasteiger partial charge in [-0.1, -0.05) is 59.3 Å². The van der Waals surface area contributed by atoms with Gasteiger partial charge in [0.2, 0.25) is 5.91 Å². The summed E-state index contributed by atoms with van der Waals surface area (Å²) >= 11 is 0. The van der Waals surface area contributed by atoms with Gasteiger partial charge in [0.25, 0.3) is 0 Å². The van der Waals surface area contributed by atoms with Crippen molar-refractivity contribution < 1.29 is 14.7 Å². The second kappa shape index (κ2) is 10.7. The number of carbonyl (C=O) groups excluding carboxylic acids is 1. The van der Waals surface area contributed by atoms with Crippen LogP contribution in [0.25, 0.3) is 0 Å². The number of nitrogens with one attached hydrogen (secondary N) is 1. The van der Waals surface area contributed by atoms with Crippen LogP contribution < -0.4 is 5.32 Å². The Balaban J connectivity index is 3.89. The van der Waals surface area contributed by atoms with Gasteiger partial charge < -0.3 is 10.4 Å². The number of carbonyl (C=O) groups is 2. The summed E-state index contributed by atoms with van der Waals surface area (Å²) in [4.78, 5) is 23.1. The predicted octanol–water partition coefficient (Wildman–Crippen LogP) is 3.89. The molecular weight excluding hydrogens is 254 g/mol. The molecule has 0 rings (SSSR count). The summed E-state index contributed by atoms with van der Waals surface area (Å²) in [6.07, 6.45) is 9.37. The van der Waals surface area contributed by atoms with Crippen LogP contribution in [0.3, 0.4) is 0 Å². The first-order chi connectivity index (χ1) is 9.52. The Kier molecular flexibility index (Phi) is 10.1. The van der Waals surface area contributed by atoms with E-state index in [9.17, 15) is 14.7 Å². The summed E-state index contributed by atoms with van der Waals surface area (Å²) in [5.41, 5.74) is -1.09. The molecule has 4 heteroatoms. The molecule has 0 radical (unpaired) electrons. The molecular formula is C16H31NO3. The fraction of sp³-hybridized carbons (Fsp3) is 0.875. The molecule has 118 valence electrons. The summed E-state index contributed by atoms with van der Waals surface area (Å²) in [5, 5.41) is 12.0. The molecule has 0 saturated heterocycles. The third kappa shape index (κ3) is 6.92. The molecule has 0 unspecified atom stereocenters. The molecule has 0 bridgehead atoms. The van der Waals surface area contributed by atoms with E-state index in [1.807, 2.05) is 0 Å². The zero-order chi connectivity index (χ0) is 15.4. The van der Waals surface area contributed by atoms with Crippen molar-refractivity contribution in [2.24, 2.45) is 0 Å². The fourth-order valence-corrected chi connectivity index (χ4v) is 2.35. The van der Waals surface area contributed by atoms with E-state index in [4.69, 9.17) is 0 Å². The monoisotopic (exact) mass is 285 g/mol. The number of carboxylic acids is 1. The van der Waals surface area contributed by atoms with Gasteiger partial charge in [-0.25, -0.2) is 4.79 Å². The molecule has 0 saturated carbocycles. The highest BCUT2D eigenvalue weighted by Gasteiger charge is 2.35. The van der Waals surface area contributed by atoms with Crippen LogP contribution in [0.15, 0.2) is 0 Å². The standard InChI is InChI=1S/C16H31NO3/c1-4-7-8-9-10-11-12-13-14(18)17-16(5-2,6-3)15(19)20/h4-13H2,1-3H3,(H,17,18)(H,19,20). The van der Waals surface area contributed by atoms with E-state index in [1.165, 1.54) is 32.1 Å². The van der Waals surface area contributed by atoms with E-state index in [1.54, 1.807) is 13.8 Å². The molecule has 0 aromatic carbocycles. The van der Waals surface area contributed by atoms with Crippen molar-refractivity contribution in [3.8, 4) is 0 Å². The molecule has 2 N–H and O–H groups in total. The van der Waals surface area contributed by atoms with Crippen LogP contribution in [-0.2, 0) is 9.59 Å². The summed E-state index contributed by atoms with van der Waals surface area (Å²) in [7, 11) is 0. The lowest BCUT2D eigenvalue weighted by Crippen LogP contribution is -2.53. The van der Waals surface area contributed by atoms with E-state index in [-0.39, 0.29) is 5.91 Å². The van der Waals surface area contributed by atoms with Crippen molar-refractivity contribution >= 4 is 11.9 Å². The van der Waals surface area contributed by atoms with Gasteiger partial charge in [-0.3, -0.25) is 4.79 Å². The van der Waals surface area contributed by atoms with Crippen molar-refractivity contribution in [1.82, 2.24) is 5.32 Å². The number of carboxylic acid groups (broad SMARTS) is 1. The molecule has 0 aromatic rings. The third-order valence-electron chi connectivity index (χ3n) is 4.00. The average molecular weight is 285 g/mol. The lowest BCUT2D eigenvalue weighted by Gasteiger charge is -2.28. The van der Waals surface area contributed by atoms with Crippen LogP contribution in [-0.4, -0.2) is 22.5 Å². The first-order valence-electron chi connectivity index (χ1n) is 8.06. The second-order valence-electron chi connectivity index (χ2n) is 5.51. The van der Waals surface area contributed by atoms with Crippen LogP contribution in [0.1, 0.15) is 85.0 Å². The molecule has 0 atom stereocenters. The maximum absolute atomic E-state index is 11.8. The molecule has 20 heavy (non-hydrogen) atoms. The second-order valence-corrected chi connectivity index (χ2v) is 5.51. The first kappa shape index (κ1) is 18.9. The molecule has 0 heterocycles. The lowest BCUT2D eigenvalue weighted by atomic mass is 9.92. The molecule has 1 amide bonds. The Morgan fingerprint density at radius 3 is 1.85 bits per heavy atom. The molecule has 0 aromatic heterocycles. The van der Waals surface area contributed by atoms with E-state index in [0.29, 0.717) is 19.3 Å². The summed E-state index contributed by atoms with van der Waals surface area (Å²) in [6.45, 7) is 5.79. The molecule has 0 aliphatic rings. The van der Waals surface area contributed by atoms with Crippen LogP contribution in [0, 0.1) is 0 Å². The van der Waals surface area contributed by atoms with E-state index >= 15 is 0 Å². The van der Waals surface area contributed by atoms with Gasteiger partial charge in [-0.05, 0) is 19.3 Å². The smallest absolute Gasteiger partial charge is 0.329 e. The van der Waals surface area contributed by atoms with Crippen molar-refractivity contribution in [2.75, 3.05) is 0 Å². The normalized spacial score (nSPS) is 11.3. The van der Waals surface area contributed by atoms with Gasteiger partial charge in [0.1, 0.15) is 5.54 Å². The quantitative estimate of drug-likeness (QED) is 0.535. The topological polar surface area (TPSA) is 66.4 Å². The van der Waals surface area contributed by atoms with Gasteiger partial charge >= 0.3 is 5.97 Å². The number of amides is 1. The zero-order valence-corrected chi connectivity index (χ0v) is 13.3. The molecule has 0 fully saturated rings. The minimum Gasteiger partial charge on any atom is -0.480 e. The highest BCUT2D eigenvalue weighted by molar-refractivity contribution is 5.86. The summed E-state index contributed by atoms with van der Waals surface area (Å²) < 4.78 is 0. The van der Waals surface area contributed by atoms with Gasteiger partial charge in [0, 0.05) is 6.42 Å². The largest absolute Gasteiger partial charge is 0.480 e. The fourth-order valence-electron chi connectivity index (χ4n) is 2.35. The minimum atomic E-state index is -1.09. The van der Waals surface area contributed by atoms with Gasteiger partial charge in [-0.2, -0.15) is 0 Å². The maximum Gasteiger partial charge on any atom is 0.329 e. The summed E-state index contributed by atoms with van der Waals surface area (Å²) in [5.74, 6) is -1.07. The Bertz CT molecular complexity index is 285. The van der Waals surface area contributed by atoms with Crippen LogP contribution in [0.4, 0.5) is 0 Å². The Morgan fingerprint density at radius 2 is 1.40 bits per heavy atom. The Labute approximate surface area is 123 Å². The Hall–Kier alpha value is -1.06. The SMILES string of the molecule is CCCCCCCCCC(=O)NC(CC)(CC)C(=O)O. The van der Waals surface area contributed by atoms with Crippen molar-refractivity contribution in [1.29, 1.82) is 0 Å². The molecule has 4 nitrogen and oxygen atoms in total. The highest BCUT2D eigenvalue weighted by Crippen LogP contribution is 2.16. The number of hydrogen-bond acceptors (Lipinski definition) is 2. The van der Waals surface area contributed by atoms with Gasteiger partial charge in [0.05, 0.1) is 0 Å². The summed E-state index contributed by atoms with van der Waals surface area (Å²) in [6, 6.07) is 0. The van der Waals surface area contributed by atoms with Crippen LogP contribution in [0.5, 0.6) is 0 Å². The lowest BCUT2D eigenvalue weighted by molar-refractivity contribution is -0.148. The number of rotatable bonds is 12. The number of unbranched alkanes of at least 4 members (excludes halogenated alkanes) is 6. The van der Waals surface area contributed by atoms with E-state index in [0.717, 1.165) is 12.8 Å². The van der Waals surface area contributed by atoms with Gasteiger partial charge in [0.15, 0.2) is 0 Å². The van der Waals surface area contributed by atoms with Crippen molar-refractivity contribution in [3.05, 3.63) is 0 Å². The van der Waals surface area contributed by atoms with Crippen molar-refractivity contribution in [3.63, 3.8) is 0 Å². The highest BCUT2D eigenvalue weighted by atomic mass is 16.4. The van der Waals surface area contributed by atoms with E-state index < -0.39 is 11.5 Å². The Morgan fingerprint density at radius 1 is 0.900 bits per heavy atom. The van der Waals surface area contributed by atoms with Crippen LogP contribution >= 0.6 is 0 Å². The zero-order valence-electron chi connectivity index (χ0n) is 13.3. The molecule has 0 aliphatic heterocycles. The number of aliphatic carboxylic acids is 1. The van der Waals surface area contributed by atoms with Crippen molar-refractivity contribution in [2.45, 2.75) is 90.5 Å². The minimum absolute atomic E-state index is 0.135. The predicted molar refractivity (Wildman–Crippen MR) is 81.7 cm³/mol. The maximum atomic E-state index is 11.8. The molecule has 0 spiro atoms. The molecule has 0 aliphatic carbocycles. The van der Waals surface area contributed by atoms with Gasteiger partial charge in [-0.15, -0.1) is 0 Å². The average Bonchev–Trinajstić information content (AvgIpc) is 2.43. The number of hydrogen-bond donors (Lipinski definition) is 2.